The van der Waals surface area contributed by atoms with Crippen LogP contribution in [-0.4, -0.2) is 24.5 Å². The predicted molar refractivity (Wildman–Crippen MR) is 75.1 cm³/mol. The van der Waals surface area contributed by atoms with Crippen molar-refractivity contribution in [3.05, 3.63) is 0 Å². The molecule has 1 saturated carbocycles. The molecule has 0 heterocycles. The van der Waals surface area contributed by atoms with E-state index in [0.717, 1.165) is 12.8 Å². The van der Waals surface area contributed by atoms with E-state index >= 15 is 0 Å². The van der Waals surface area contributed by atoms with Crippen molar-refractivity contribution in [1.29, 1.82) is 0 Å². The molecule has 0 aromatic rings. The van der Waals surface area contributed by atoms with Gasteiger partial charge in [-0.1, -0.05) is 39.0 Å². The van der Waals surface area contributed by atoms with Crippen LogP contribution in [-0.2, 0) is 4.79 Å². The Kier molecular flexibility index (Phi) is 5.68. The number of nitrogens with one attached hydrogen (secondary N) is 2. The summed E-state index contributed by atoms with van der Waals surface area (Å²) in [6, 6.07) is -0.157. The maximum Gasteiger partial charge on any atom is 0.222 e. The summed E-state index contributed by atoms with van der Waals surface area (Å²) in [6.07, 6.45) is 11.8. The number of terminal acetylenes is 1. The third-order valence-corrected chi connectivity index (χ3v) is 4.00. The zero-order chi connectivity index (χ0) is 13.6. The molecule has 1 amide bonds. The second-order valence-electron chi connectivity index (χ2n) is 5.72. The molecule has 1 aliphatic carbocycles. The van der Waals surface area contributed by atoms with Crippen molar-refractivity contribution in [2.45, 2.75) is 64.0 Å². The quantitative estimate of drug-likeness (QED) is 0.733. The largest absolute Gasteiger partial charge is 0.342 e. The highest BCUT2D eigenvalue weighted by molar-refractivity contribution is 5.78. The van der Waals surface area contributed by atoms with Gasteiger partial charge in [-0.2, -0.15) is 0 Å². The Labute approximate surface area is 111 Å². The van der Waals surface area contributed by atoms with Crippen LogP contribution in [0.15, 0.2) is 0 Å². The average Bonchev–Trinajstić information content (AvgIpc) is 2.36. The van der Waals surface area contributed by atoms with E-state index in [-0.39, 0.29) is 23.4 Å². The molecule has 1 aliphatic rings. The molecule has 1 unspecified atom stereocenters. The maximum atomic E-state index is 12.1. The van der Waals surface area contributed by atoms with Gasteiger partial charge in [0.15, 0.2) is 0 Å². The van der Waals surface area contributed by atoms with E-state index in [1.165, 1.54) is 19.3 Å². The van der Waals surface area contributed by atoms with Crippen LogP contribution in [0.4, 0.5) is 0 Å². The lowest BCUT2D eigenvalue weighted by Gasteiger charge is -2.37. The molecule has 3 heteroatoms. The Bertz CT molecular complexity index is 311. The van der Waals surface area contributed by atoms with Crippen LogP contribution >= 0.6 is 0 Å². The van der Waals surface area contributed by atoms with Gasteiger partial charge in [-0.15, -0.1) is 6.42 Å². The summed E-state index contributed by atoms with van der Waals surface area (Å²) in [5, 5.41) is 6.31. The molecule has 1 rings (SSSR count). The van der Waals surface area contributed by atoms with E-state index in [4.69, 9.17) is 6.42 Å². The van der Waals surface area contributed by atoms with Crippen LogP contribution in [0.3, 0.4) is 0 Å². The van der Waals surface area contributed by atoms with Crippen molar-refractivity contribution in [2.75, 3.05) is 7.05 Å². The summed E-state index contributed by atoms with van der Waals surface area (Å²) < 4.78 is 0. The van der Waals surface area contributed by atoms with Crippen LogP contribution in [0.25, 0.3) is 0 Å². The standard InChI is InChI=1S/C15H26N2O/c1-5-13(12(2)3)17-14(18)11-15(16-4)9-7-6-8-10-15/h1,12-13,16H,6-11H2,2-4H3,(H,17,18). The lowest BCUT2D eigenvalue weighted by atomic mass is 9.79. The number of carbonyl (C=O) groups excluding carboxylic acids is 1. The first-order valence-electron chi connectivity index (χ1n) is 6.97. The van der Waals surface area contributed by atoms with E-state index in [1.54, 1.807) is 0 Å². The first-order valence-corrected chi connectivity index (χ1v) is 6.97. The van der Waals surface area contributed by atoms with Crippen LogP contribution < -0.4 is 10.6 Å². The summed E-state index contributed by atoms with van der Waals surface area (Å²) in [5.41, 5.74) is -0.0154. The van der Waals surface area contributed by atoms with Crippen molar-refractivity contribution in [1.82, 2.24) is 10.6 Å². The fourth-order valence-corrected chi connectivity index (χ4v) is 2.68. The fraction of sp³-hybridized carbons (Fsp3) is 0.800. The molecule has 102 valence electrons. The highest BCUT2D eigenvalue weighted by atomic mass is 16.1. The van der Waals surface area contributed by atoms with Crippen molar-refractivity contribution >= 4 is 5.91 Å². The molecule has 3 nitrogen and oxygen atoms in total. The van der Waals surface area contributed by atoms with E-state index < -0.39 is 0 Å². The minimum absolute atomic E-state index is 0.0154. The van der Waals surface area contributed by atoms with Crippen molar-refractivity contribution < 1.29 is 4.79 Å². The number of rotatable bonds is 5. The second kappa shape index (κ2) is 6.80. The fourth-order valence-electron chi connectivity index (χ4n) is 2.68. The molecule has 1 atom stereocenters. The summed E-state index contributed by atoms with van der Waals surface area (Å²) in [6.45, 7) is 4.05. The maximum absolute atomic E-state index is 12.1. The third-order valence-electron chi connectivity index (χ3n) is 4.00. The summed E-state index contributed by atoms with van der Waals surface area (Å²) in [5.74, 6) is 2.99. The molecule has 0 bridgehead atoms. The Morgan fingerprint density at radius 2 is 1.94 bits per heavy atom. The smallest absolute Gasteiger partial charge is 0.222 e. The first-order chi connectivity index (χ1) is 8.53. The van der Waals surface area contributed by atoms with Gasteiger partial charge in [-0.05, 0) is 25.8 Å². The highest BCUT2D eigenvalue weighted by Gasteiger charge is 2.33. The van der Waals surface area contributed by atoms with Gasteiger partial charge in [0.05, 0.1) is 6.04 Å². The molecule has 0 aliphatic heterocycles. The van der Waals surface area contributed by atoms with E-state index in [0.29, 0.717) is 6.42 Å². The van der Waals surface area contributed by atoms with Crippen molar-refractivity contribution in [3.8, 4) is 12.3 Å². The van der Waals surface area contributed by atoms with E-state index in [1.807, 2.05) is 20.9 Å². The normalized spacial score (nSPS) is 20.2. The summed E-state index contributed by atoms with van der Waals surface area (Å²) in [7, 11) is 1.96. The monoisotopic (exact) mass is 250 g/mol. The first kappa shape index (κ1) is 15.0. The lowest BCUT2D eigenvalue weighted by Crippen LogP contribution is -2.50. The molecule has 0 saturated heterocycles. The molecule has 18 heavy (non-hydrogen) atoms. The molecule has 2 N–H and O–H groups in total. The van der Waals surface area contributed by atoms with Gasteiger partial charge in [-0.3, -0.25) is 4.79 Å². The van der Waals surface area contributed by atoms with Crippen molar-refractivity contribution in [3.63, 3.8) is 0 Å². The molecular formula is C15H26N2O. The Hall–Kier alpha value is -1.01. The molecule has 0 aromatic carbocycles. The number of hydrogen-bond donors (Lipinski definition) is 2. The zero-order valence-corrected chi connectivity index (χ0v) is 11.9. The predicted octanol–water partition coefficient (Wildman–Crippen LogP) is 2.07. The lowest BCUT2D eigenvalue weighted by molar-refractivity contribution is -0.123. The second-order valence-corrected chi connectivity index (χ2v) is 5.72. The topological polar surface area (TPSA) is 41.1 Å². The minimum Gasteiger partial charge on any atom is -0.342 e. The van der Waals surface area contributed by atoms with Gasteiger partial charge < -0.3 is 10.6 Å². The van der Waals surface area contributed by atoms with Crippen molar-refractivity contribution in [2.24, 2.45) is 5.92 Å². The van der Waals surface area contributed by atoms with Gasteiger partial charge in [0.2, 0.25) is 5.91 Å². The molecule has 1 fully saturated rings. The zero-order valence-electron chi connectivity index (χ0n) is 11.9. The summed E-state index contributed by atoms with van der Waals surface area (Å²) in [4.78, 5) is 12.1. The van der Waals surface area contributed by atoms with E-state index in [9.17, 15) is 4.79 Å². The Morgan fingerprint density at radius 1 is 1.33 bits per heavy atom. The molecular weight excluding hydrogens is 224 g/mol. The Balaban J connectivity index is 2.54. The number of amides is 1. The van der Waals surface area contributed by atoms with Crippen LogP contribution in [0.1, 0.15) is 52.4 Å². The van der Waals surface area contributed by atoms with Crippen LogP contribution in [0.5, 0.6) is 0 Å². The SMILES string of the molecule is C#CC(NC(=O)CC1(NC)CCCCC1)C(C)C. The molecule has 0 aromatic heterocycles. The van der Waals surface area contributed by atoms with Gasteiger partial charge in [0.25, 0.3) is 0 Å². The Morgan fingerprint density at radius 3 is 2.39 bits per heavy atom. The van der Waals surface area contributed by atoms with Gasteiger partial charge >= 0.3 is 0 Å². The van der Waals surface area contributed by atoms with Gasteiger partial charge in [0, 0.05) is 12.0 Å². The highest BCUT2D eigenvalue weighted by Crippen LogP contribution is 2.30. The minimum atomic E-state index is -0.157. The van der Waals surface area contributed by atoms with E-state index in [2.05, 4.69) is 16.6 Å². The number of hydrogen-bond acceptors (Lipinski definition) is 2. The van der Waals surface area contributed by atoms with Crippen LogP contribution in [0.2, 0.25) is 0 Å². The summed E-state index contributed by atoms with van der Waals surface area (Å²) >= 11 is 0. The van der Waals surface area contributed by atoms with Gasteiger partial charge in [-0.25, -0.2) is 0 Å². The van der Waals surface area contributed by atoms with Gasteiger partial charge in [0.1, 0.15) is 0 Å². The number of carbonyl (C=O) groups is 1. The molecule has 0 radical (unpaired) electrons. The van der Waals surface area contributed by atoms with Crippen LogP contribution in [0, 0.1) is 18.3 Å². The average molecular weight is 250 g/mol. The third kappa shape index (κ3) is 4.03. The molecule has 0 spiro atoms.